The summed E-state index contributed by atoms with van der Waals surface area (Å²) in [5, 5.41) is 0. The van der Waals surface area contributed by atoms with Gasteiger partial charge < -0.3 is 10.5 Å². The third-order valence-corrected chi connectivity index (χ3v) is 3.46. The van der Waals surface area contributed by atoms with Crippen molar-refractivity contribution in [2.24, 2.45) is 11.7 Å². The van der Waals surface area contributed by atoms with Crippen LogP contribution >= 0.6 is 0 Å². The van der Waals surface area contributed by atoms with E-state index in [0.29, 0.717) is 30.6 Å². The van der Waals surface area contributed by atoms with Gasteiger partial charge in [-0.1, -0.05) is 0 Å². The van der Waals surface area contributed by atoms with Crippen LogP contribution in [0.4, 0.5) is 0 Å². The second-order valence-corrected chi connectivity index (χ2v) is 4.92. The Morgan fingerprint density at radius 3 is 2.80 bits per heavy atom. The van der Waals surface area contributed by atoms with E-state index in [0.717, 1.165) is 25.9 Å². The van der Waals surface area contributed by atoms with E-state index in [9.17, 15) is 4.79 Å². The zero-order valence-corrected chi connectivity index (χ0v) is 9.28. The van der Waals surface area contributed by atoms with Gasteiger partial charge in [0.25, 0.3) is 0 Å². The summed E-state index contributed by atoms with van der Waals surface area (Å²) in [7, 11) is 0. The average Bonchev–Trinajstić information content (AvgIpc) is 2.93. The van der Waals surface area contributed by atoms with Gasteiger partial charge in [0.05, 0.1) is 6.10 Å². The molecule has 0 spiro atoms. The maximum absolute atomic E-state index is 11.6. The minimum Gasteiger partial charge on any atom is -0.378 e. The molecule has 1 heterocycles. The highest BCUT2D eigenvalue weighted by Gasteiger charge is 2.29. The van der Waals surface area contributed by atoms with Crippen LogP contribution in [0.5, 0.6) is 0 Å². The third kappa shape index (κ3) is 3.58. The fourth-order valence-corrected chi connectivity index (χ4v) is 2.25. The number of rotatable bonds is 6. The summed E-state index contributed by atoms with van der Waals surface area (Å²) in [6.07, 6.45) is 7.20. The minimum atomic E-state index is 0.127. The average molecular weight is 211 g/mol. The number of nitrogens with two attached hydrogens (primary N) is 1. The molecule has 2 rings (SSSR count). The quantitative estimate of drug-likeness (QED) is 0.726. The standard InChI is InChI=1S/C12H21NO2/c13-12(9-3-4-9)8-10(14)5-6-11-2-1-7-15-11/h9,11-12H,1-8,13H2. The molecule has 0 aromatic rings. The van der Waals surface area contributed by atoms with E-state index >= 15 is 0 Å². The van der Waals surface area contributed by atoms with E-state index in [1.165, 1.54) is 12.8 Å². The van der Waals surface area contributed by atoms with Crippen LogP contribution in [0.15, 0.2) is 0 Å². The van der Waals surface area contributed by atoms with Crippen LogP contribution in [0.1, 0.15) is 44.9 Å². The summed E-state index contributed by atoms with van der Waals surface area (Å²) in [4.78, 5) is 11.6. The Morgan fingerprint density at radius 1 is 1.40 bits per heavy atom. The minimum absolute atomic E-state index is 0.127. The van der Waals surface area contributed by atoms with Crippen molar-refractivity contribution in [1.82, 2.24) is 0 Å². The third-order valence-electron chi connectivity index (χ3n) is 3.46. The smallest absolute Gasteiger partial charge is 0.134 e. The van der Waals surface area contributed by atoms with E-state index < -0.39 is 0 Å². The highest BCUT2D eigenvalue weighted by molar-refractivity contribution is 5.79. The molecule has 2 aliphatic rings. The van der Waals surface area contributed by atoms with Crippen LogP contribution in [-0.4, -0.2) is 24.5 Å². The molecule has 0 aromatic carbocycles. The van der Waals surface area contributed by atoms with Crippen LogP contribution in [-0.2, 0) is 9.53 Å². The summed E-state index contributed by atoms with van der Waals surface area (Å²) >= 11 is 0. The lowest BCUT2D eigenvalue weighted by molar-refractivity contribution is -0.120. The maximum Gasteiger partial charge on any atom is 0.134 e. The molecule has 0 bridgehead atoms. The van der Waals surface area contributed by atoms with Crippen LogP contribution in [0.3, 0.4) is 0 Å². The number of hydrogen-bond acceptors (Lipinski definition) is 3. The van der Waals surface area contributed by atoms with Crippen molar-refractivity contribution < 1.29 is 9.53 Å². The molecule has 86 valence electrons. The van der Waals surface area contributed by atoms with Gasteiger partial charge in [0.15, 0.2) is 0 Å². The van der Waals surface area contributed by atoms with Gasteiger partial charge in [-0.15, -0.1) is 0 Å². The van der Waals surface area contributed by atoms with Crippen LogP contribution < -0.4 is 5.73 Å². The van der Waals surface area contributed by atoms with E-state index in [4.69, 9.17) is 10.5 Å². The van der Waals surface area contributed by atoms with Gasteiger partial charge in [0, 0.05) is 25.5 Å². The lowest BCUT2D eigenvalue weighted by Gasteiger charge is -2.11. The molecule has 2 unspecified atom stereocenters. The Morgan fingerprint density at radius 2 is 2.20 bits per heavy atom. The van der Waals surface area contributed by atoms with E-state index in [1.807, 2.05) is 0 Å². The second kappa shape index (κ2) is 5.08. The van der Waals surface area contributed by atoms with Crippen LogP contribution in [0, 0.1) is 5.92 Å². The van der Waals surface area contributed by atoms with Crippen molar-refractivity contribution >= 4 is 5.78 Å². The van der Waals surface area contributed by atoms with Crippen molar-refractivity contribution in [1.29, 1.82) is 0 Å². The normalized spacial score (nSPS) is 27.9. The Balaban J connectivity index is 1.59. The molecule has 1 saturated carbocycles. The molecule has 0 amide bonds. The van der Waals surface area contributed by atoms with Crippen molar-refractivity contribution in [3.8, 4) is 0 Å². The lowest BCUT2D eigenvalue weighted by Crippen LogP contribution is -2.26. The molecule has 3 heteroatoms. The van der Waals surface area contributed by atoms with Crippen molar-refractivity contribution in [3.05, 3.63) is 0 Å². The Bertz CT molecular complexity index is 220. The number of hydrogen-bond donors (Lipinski definition) is 1. The second-order valence-electron chi connectivity index (χ2n) is 4.92. The van der Waals surface area contributed by atoms with Gasteiger partial charge in [0.1, 0.15) is 5.78 Å². The molecule has 1 aliphatic heterocycles. The number of carbonyl (C=O) groups excluding carboxylic acids is 1. The number of ether oxygens (including phenoxy) is 1. The molecule has 0 radical (unpaired) electrons. The number of carbonyl (C=O) groups is 1. The molecule has 2 fully saturated rings. The first-order valence-electron chi connectivity index (χ1n) is 6.14. The fraction of sp³-hybridized carbons (Fsp3) is 0.917. The highest BCUT2D eigenvalue weighted by atomic mass is 16.5. The fourth-order valence-electron chi connectivity index (χ4n) is 2.25. The molecular weight excluding hydrogens is 190 g/mol. The molecule has 3 nitrogen and oxygen atoms in total. The van der Waals surface area contributed by atoms with Gasteiger partial charge in [-0.3, -0.25) is 4.79 Å². The Kier molecular flexibility index (Phi) is 3.76. The molecule has 2 atom stereocenters. The molecule has 1 saturated heterocycles. The summed E-state index contributed by atoms with van der Waals surface area (Å²) in [6.45, 7) is 0.875. The van der Waals surface area contributed by atoms with Crippen molar-refractivity contribution in [2.45, 2.75) is 57.1 Å². The summed E-state index contributed by atoms with van der Waals surface area (Å²) in [5.41, 5.74) is 5.91. The predicted octanol–water partition coefficient (Wildman–Crippen LogP) is 1.64. The summed E-state index contributed by atoms with van der Waals surface area (Å²) in [5.74, 6) is 0.960. The number of Topliss-reactive ketones (excluding diaryl/α,β-unsaturated/α-hetero) is 1. The van der Waals surface area contributed by atoms with Gasteiger partial charge in [-0.25, -0.2) is 0 Å². The first kappa shape index (κ1) is 11.1. The summed E-state index contributed by atoms with van der Waals surface area (Å²) < 4.78 is 5.48. The zero-order valence-electron chi connectivity index (χ0n) is 9.28. The molecule has 1 aliphatic carbocycles. The first-order chi connectivity index (χ1) is 7.25. The molecule has 15 heavy (non-hydrogen) atoms. The van der Waals surface area contributed by atoms with Crippen molar-refractivity contribution in [2.75, 3.05) is 6.61 Å². The topological polar surface area (TPSA) is 52.3 Å². The van der Waals surface area contributed by atoms with Crippen LogP contribution in [0.25, 0.3) is 0 Å². The Hall–Kier alpha value is -0.410. The van der Waals surface area contributed by atoms with Gasteiger partial charge in [-0.2, -0.15) is 0 Å². The van der Waals surface area contributed by atoms with E-state index in [1.54, 1.807) is 0 Å². The van der Waals surface area contributed by atoms with Crippen LogP contribution in [0.2, 0.25) is 0 Å². The van der Waals surface area contributed by atoms with E-state index in [2.05, 4.69) is 0 Å². The maximum atomic E-state index is 11.6. The largest absolute Gasteiger partial charge is 0.378 e. The van der Waals surface area contributed by atoms with Crippen molar-refractivity contribution in [3.63, 3.8) is 0 Å². The van der Waals surface area contributed by atoms with Gasteiger partial charge in [-0.05, 0) is 38.0 Å². The first-order valence-corrected chi connectivity index (χ1v) is 6.14. The Labute approximate surface area is 91.4 Å². The predicted molar refractivity (Wildman–Crippen MR) is 58.5 cm³/mol. The van der Waals surface area contributed by atoms with Gasteiger partial charge in [0.2, 0.25) is 0 Å². The van der Waals surface area contributed by atoms with Gasteiger partial charge >= 0.3 is 0 Å². The SMILES string of the molecule is NC(CC(=O)CCC1CCCO1)C1CC1. The highest BCUT2D eigenvalue weighted by Crippen LogP contribution is 2.33. The zero-order chi connectivity index (χ0) is 10.7. The molecule has 2 N–H and O–H groups in total. The molecule has 0 aromatic heterocycles. The monoisotopic (exact) mass is 211 g/mol. The van der Waals surface area contributed by atoms with E-state index in [-0.39, 0.29) is 6.04 Å². The molecular formula is C12H21NO2. The number of ketones is 1. The summed E-state index contributed by atoms with van der Waals surface area (Å²) in [6, 6.07) is 0.127. The lowest BCUT2D eigenvalue weighted by atomic mass is 10.0.